The summed E-state index contributed by atoms with van der Waals surface area (Å²) in [5, 5.41) is 1.16. The van der Waals surface area contributed by atoms with Gasteiger partial charge in [0.05, 0.1) is 5.52 Å². The molecule has 4 heteroatoms. The van der Waals surface area contributed by atoms with Crippen LogP contribution in [0.3, 0.4) is 0 Å². The molecule has 1 aliphatic carbocycles. The maximum atomic E-state index is 6.06. The fourth-order valence-electron chi connectivity index (χ4n) is 3.34. The first-order valence-corrected chi connectivity index (χ1v) is 8.01. The molecule has 1 aromatic heterocycles. The zero-order valence-electron chi connectivity index (χ0n) is 12.7. The van der Waals surface area contributed by atoms with Crippen molar-refractivity contribution in [3.8, 4) is 0 Å². The molecule has 0 amide bonds. The molecule has 3 rings (SSSR count). The molecule has 1 saturated carbocycles. The summed E-state index contributed by atoms with van der Waals surface area (Å²) in [6, 6.07) is 9.22. The lowest BCUT2D eigenvalue weighted by Gasteiger charge is -2.37. The molecule has 0 atom stereocenters. The number of rotatable bonds is 4. The van der Waals surface area contributed by atoms with Gasteiger partial charge in [-0.25, -0.2) is 9.97 Å². The Morgan fingerprint density at radius 1 is 1.14 bits per heavy atom. The highest BCUT2D eigenvalue weighted by Gasteiger charge is 2.25. The Morgan fingerprint density at radius 3 is 2.67 bits per heavy atom. The van der Waals surface area contributed by atoms with Gasteiger partial charge in [-0.15, -0.1) is 0 Å². The third-order valence-corrected chi connectivity index (χ3v) is 4.44. The molecular formula is C17H24N4. The van der Waals surface area contributed by atoms with Crippen molar-refractivity contribution in [2.45, 2.75) is 51.1 Å². The number of fused-ring (bicyclic) bond motifs is 1. The average molecular weight is 284 g/mol. The average Bonchev–Trinajstić information content (AvgIpc) is 2.53. The van der Waals surface area contributed by atoms with Crippen molar-refractivity contribution in [1.82, 2.24) is 9.97 Å². The highest BCUT2D eigenvalue weighted by Crippen LogP contribution is 2.30. The van der Waals surface area contributed by atoms with Gasteiger partial charge < -0.3 is 10.6 Å². The maximum Gasteiger partial charge on any atom is 0.140 e. The summed E-state index contributed by atoms with van der Waals surface area (Å²) in [5.41, 5.74) is 7.08. The lowest BCUT2D eigenvalue weighted by atomic mass is 9.90. The van der Waals surface area contributed by atoms with Gasteiger partial charge in [-0.2, -0.15) is 0 Å². The van der Waals surface area contributed by atoms with Crippen LogP contribution in [0.5, 0.6) is 0 Å². The number of hydrogen-bond acceptors (Lipinski definition) is 4. The lowest BCUT2D eigenvalue weighted by molar-refractivity contribution is 0.374. The van der Waals surface area contributed by atoms with Gasteiger partial charge in [0.1, 0.15) is 12.1 Å². The quantitative estimate of drug-likeness (QED) is 0.937. The molecule has 0 radical (unpaired) electrons. The second-order valence-electron chi connectivity index (χ2n) is 5.98. The summed E-state index contributed by atoms with van der Waals surface area (Å²) in [4.78, 5) is 11.5. The minimum atomic E-state index is 0.381. The Hall–Kier alpha value is -1.68. The summed E-state index contributed by atoms with van der Waals surface area (Å²) >= 11 is 0. The van der Waals surface area contributed by atoms with Crippen LogP contribution in [-0.4, -0.2) is 28.6 Å². The number of para-hydroxylation sites is 1. The van der Waals surface area contributed by atoms with Crippen LogP contribution in [0.1, 0.15) is 39.0 Å². The monoisotopic (exact) mass is 284 g/mol. The molecule has 4 nitrogen and oxygen atoms in total. The van der Waals surface area contributed by atoms with Crippen LogP contribution in [0.25, 0.3) is 10.9 Å². The van der Waals surface area contributed by atoms with E-state index in [-0.39, 0.29) is 0 Å². The van der Waals surface area contributed by atoms with Crippen LogP contribution in [-0.2, 0) is 0 Å². The predicted molar refractivity (Wildman–Crippen MR) is 87.4 cm³/mol. The molecule has 1 heterocycles. The smallest absolute Gasteiger partial charge is 0.140 e. The molecule has 0 aliphatic heterocycles. The number of hydrogen-bond donors (Lipinski definition) is 1. The summed E-state index contributed by atoms with van der Waals surface area (Å²) in [5.74, 6) is 1.09. The second-order valence-corrected chi connectivity index (χ2v) is 5.98. The molecule has 112 valence electrons. The SMILES string of the molecule is CCCN(c1ncnc2ccccc12)C1CCC(N)CC1. The fraction of sp³-hybridized carbons (Fsp3) is 0.529. The van der Waals surface area contributed by atoms with E-state index >= 15 is 0 Å². The summed E-state index contributed by atoms with van der Waals surface area (Å²) < 4.78 is 0. The Kier molecular flexibility index (Phi) is 4.34. The lowest BCUT2D eigenvalue weighted by Crippen LogP contribution is -2.42. The first kappa shape index (κ1) is 14.3. The van der Waals surface area contributed by atoms with E-state index in [1.165, 1.54) is 12.8 Å². The van der Waals surface area contributed by atoms with Crippen molar-refractivity contribution in [3.05, 3.63) is 30.6 Å². The zero-order chi connectivity index (χ0) is 14.7. The maximum absolute atomic E-state index is 6.06. The highest BCUT2D eigenvalue weighted by atomic mass is 15.2. The number of anilines is 1. The molecular weight excluding hydrogens is 260 g/mol. The number of aromatic nitrogens is 2. The summed E-state index contributed by atoms with van der Waals surface area (Å²) in [6.07, 6.45) is 7.39. The van der Waals surface area contributed by atoms with Crippen LogP contribution in [0.4, 0.5) is 5.82 Å². The molecule has 1 fully saturated rings. The van der Waals surface area contributed by atoms with E-state index in [0.717, 1.165) is 42.5 Å². The van der Waals surface area contributed by atoms with Gasteiger partial charge in [-0.1, -0.05) is 19.1 Å². The molecule has 21 heavy (non-hydrogen) atoms. The number of nitrogens with two attached hydrogens (primary N) is 1. The van der Waals surface area contributed by atoms with Crippen molar-refractivity contribution in [1.29, 1.82) is 0 Å². The Balaban J connectivity index is 1.95. The van der Waals surface area contributed by atoms with Gasteiger partial charge in [0.15, 0.2) is 0 Å². The zero-order valence-corrected chi connectivity index (χ0v) is 12.7. The second kappa shape index (κ2) is 6.39. The minimum absolute atomic E-state index is 0.381. The third kappa shape index (κ3) is 3.00. The van der Waals surface area contributed by atoms with Crippen LogP contribution >= 0.6 is 0 Å². The molecule has 1 aromatic carbocycles. The fourth-order valence-corrected chi connectivity index (χ4v) is 3.34. The molecule has 1 aliphatic rings. The van der Waals surface area contributed by atoms with E-state index in [1.54, 1.807) is 6.33 Å². The first-order chi connectivity index (χ1) is 10.3. The van der Waals surface area contributed by atoms with Crippen LogP contribution in [0.15, 0.2) is 30.6 Å². The van der Waals surface area contributed by atoms with Crippen LogP contribution < -0.4 is 10.6 Å². The van der Waals surface area contributed by atoms with Gasteiger partial charge in [0.25, 0.3) is 0 Å². The minimum Gasteiger partial charge on any atom is -0.353 e. The van der Waals surface area contributed by atoms with Crippen LogP contribution in [0, 0.1) is 0 Å². The van der Waals surface area contributed by atoms with Crippen molar-refractivity contribution in [2.75, 3.05) is 11.4 Å². The topological polar surface area (TPSA) is 55.0 Å². The van der Waals surface area contributed by atoms with Crippen molar-refractivity contribution in [3.63, 3.8) is 0 Å². The largest absolute Gasteiger partial charge is 0.353 e. The van der Waals surface area contributed by atoms with E-state index in [2.05, 4.69) is 40.0 Å². The third-order valence-electron chi connectivity index (χ3n) is 4.44. The van der Waals surface area contributed by atoms with Crippen LogP contribution in [0.2, 0.25) is 0 Å². The predicted octanol–water partition coefficient (Wildman–Crippen LogP) is 3.12. The molecule has 2 N–H and O–H groups in total. The van der Waals surface area contributed by atoms with E-state index < -0.39 is 0 Å². The normalized spacial score (nSPS) is 22.4. The molecule has 0 bridgehead atoms. The number of benzene rings is 1. The van der Waals surface area contributed by atoms with Crippen molar-refractivity contribution >= 4 is 16.7 Å². The summed E-state index contributed by atoms with van der Waals surface area (Å²) in [6.45, 7) is 3.27. The van der Waals surface area contributed by atoms with Gasteiger partial charge in [0.2, 0.25) is 0 Å². The Labute approximate surface area is 126 Å². The van der Waals surface area contributed by atoms with E-state index in [0.29, 0.717) is 12.1 Å². The molecule has 0 saturated heterocycles. The Morgan fingerprint density at radius 2 is 1.90 bits per heavy atom. The molecule has 0 spiro atoms. The van der Waals surface area contributed by atoms with Gasteiger partial charge in [0, 0.05) is 24.0 Å². The van der Waals surface area contributed by atoms with Gasteiger partial charge >= 0.3 is 0 Å². The van der Waals surface area contributed by atoms with Crippen molar-refractivity contribution < 1.29 is 0 Å². The number of nitrogens with zero attached hydrogens (tertiary/aromatic N) is 3. The molecule has 2 aromatic rings. The van der Waals surface area contributed by atoms with Gasteiger partial charge in [-0.3, -0.25) is 0 Å². The molecule has 0 unspecified atom stereocenters. The Bertz CT molecular complexity index is 585. The first-order valence-electron chi connectivity index (χ1n) is 8.01. The highest BCUT2D eigenvalue weighted by molar-refractivity contribution is 5.89. The summed E-state index contributed by atoms with van der Waals surface area (Å²) in [7, 11) is 0. The van der Waals surface area contributed by atoms with E-state index in [9.17, 15) is 0 Å². The van der Waals surface area contributed by atoms with E-state index in [4.69, 9.17) is 5.73 Å². The van der Waals surface area contributed by atoms with Gasteiger partial charge in [-0.05, 0) is 44.2 Å². The van der Waals surface area contributed by atoms with E-state index in [1.807, 2.05) is 6.07 Å². The standard InChI is InChI=1S/C17H24N4/c1-2-11-21(14-9-7-13(18)8-10-14)17-15-5-3-4-6-16(15)19-12-20-17/h3-6,12-14H,2,7-11,18H2,1H3. The van der Waals surface area contributed by atoms with Crippen molar-refractivity contribution in [2.24, 2.45) is 5.73 Å².